The van der Waals surface area contributed by atoms with Crippen molar-refractivity contribution in [2.75, 3.05) is 13.2 Å². The molecule has 2 nitrogen and oxygen atoms in total. The Morgan fingerprint density at radius 1 is 1.20 bits per heavy atom. The predicted molar refractivity (Wildman–Crippen MR) is 54.3 cm³/mol. The van der Waals surface area contributed by atoms with Gasteiger partial charge in [-0.15, -0.1) is 0 Å². The monoisotopic (exact) mass is 208 g/mol. The summed E-state index contributed by atoms with van der Waals surface area (Å²) in [4.78, 5) is 11.9. The standard InChI is InChI=1S/C12H13FO2/c13-11-3-1-9(2-4-11)12(14)10-5-7-15-8-6-10/h1-4,10H,5-8H2. The quantitative estimate of drug-likeness (QED) is 0.698. The van der Waals surface area contributed by atoms with Crippen LogP contribution in [0.4, 0.5) is 4.39 Å². The molecule has 1 aromatic rings. The number of carbonyl (C=O) groups excluding carboxylic acids is 1. The van der Waals surface area contributed by atoms with Gasteiger partial charge in [0, 0.05) is 24.7 Å². The molecule has 0 atom stereocenters. The summed E-state index contributed by atoms with van der Waals surface area (Å²) in [6, 6.07) is 5.75. The molecular formula is C12H13FO2. The van der Waals surface area contributed by atoms with Crippen LogP contribution in [-0.2, 0) is 4.74 Å². The molecule has 1 saturated heterocycles. The first-order valence-electron chi connectivity index (χ1n) is 5.15. The number of ketones is 1. The van der Waals surface area contributed by atoms with E-state index in [4.69, 9.17) is 4.74 Å². The SMILES string of the molecule is O=C(c1ccc(F)cc1)C1CCOCC1. The largest absolute Gasteiger partial charge is 0.381 e. The first-order chi connectivity index (χ1) is 7.27. The third-order valence-electron chi connectivity index (χ3n) is 2.72. The minimum Gasteiger partial charge on any atom is -0.381 e. The molecule has 1 aromatic carbocycles. The summed E-state index contributed by atoms with van der Waals surface area (Å²) in [5, 5.41) is 0. The number of rotatable bonds is 2. The second-order valence-corrected chi connectivity index (χ2v) is 3.76. The van der Waals surface area contributed by atoms with Crippen molar-refractivity contribution in [3.63, 3.8) is 0 Å². The Labute approximate surface area is 88.1 Å². The average molecular weight is 208 g/mol. The highest BCUT2D eigenvalue weighted by Gasteiger charge is 2.22. The molecular weight excluding hydrogens is 195 g/mol. The van der Waals surface area contributed by atoms with E-state index >= 15 is 0 Å². The minimum atomic E-state index is -0.307. The molecule has 0 radical (unpaired) electrons. The van der Waals surface area contributed by atoms with Gasteiger partial charge in [-0.1, -0.05) is 0 Å². The molecule has 0 unspecified atom stereocenters. The van der Waals surface area contributed by atoms with Crippen molar-refractivity contribution < 1.29 is 13.9 Å². The Hall–Kier alpha value is -1.22. The topological polar surface area (TPSA) is 26.3 Å². The lowest BCUT2D eigenvalue weighted by Crippen LogP contribution is -2.23. The zero-order valence-electron chi connectivity index (χ0n) is 8.41. The molecule has 2 rings (SSSR count). The fraction of sp³-hybridized carbons (Fsp3) is 0.417. The first kappa shape index (κ1) is 10.3. The summed E-state index contributed by atoms with van der Waals surface area (Å²) in [7, 11) is 0. The van der Waals surface area contributed by atoms with Gasteiger partial charge in [0.05, 0.1) is 0 Å². The van der Waals surface area contributed by atoms with Crippen LogP contribution >= 0.6 is 0 Å². The van der Waals surface area contributed by atoms with Gasteiger partial charge in [0.2, 0.25) is 0 Å². The van der Waals surface area contributed by atoms with Crippen molar-refractivity contribution in [3.8, 4) is 0 Å². The summed E-state index contributed by atoms with van der Waals surface area (Å²) in [5.41, 5.74) is 0.600. The molecule has 0 saturated carbocycles. The van der Waals surface area contributed by atoms with E-state index in [9.17, 15) is 9.18 Å². The van der Waals surface area contributed by atoms with Gasteiger partial charge >= 0.3 is 0 Å². The van der Waals surface area contributed by atoms with Crippen LogP contribution in [0.3, 0.4) is 0 Å². The van der Waals surface area contributed by atoms with Crippen molar-refractivity contribution in [1.29, 1.82) is 0 Å². The number of Topliss-reactive ketones (excluding diaryl/α,β-unsaturated/α-hetero) is 1. The highest BCUT2D eigenvalue weighted by atomic mass is 19.1. The van der Waals surface area contributed by atoms with Crippen LogP contribution in [0.5, 0.6) is 0 Å². The van der Waals surface area contributed by atoms with E-state index in [0.29, 0.717) is 18.8 Å². The lowest BCUT2D eigenvalue weighted by Gasteiger charge is -2.20. The van der Waals surface area contributed by atoms with Crippen LogP contribution in [0.15, 0.2) is 24.3 Å². The van der Waals surface area contributed by atoms with Crippen LogP contribution in [0, 0.1) is 11.7 Å². The Bertz CT molecular complexity index is 339. The maximum absolute atomic E-state index is 12.7. The fourth-order valence-corrected chi connectivity index (χ4v) is 1.81. The molecule has 0 aliphatic carbocycles. The van der Waals surface area contributed by atoms with Crippen molar-refractivity contribution in [2.24, 2.45) is 5.92 Å². The maximum atomic E-state index is 12.7. The minimum absolute atomic E-state index is 0.0456. The normalized spacial score (nSPS) is 17.7. The van der Waals surface area contributed by atoms with Crippen molar-refractivity contribution in [3.05, 3.63) is 35.6 Å². The van der Waals surface area contributed by atoms with Crippen LogP contribution in [-0.4, -0.2) is 19.0 Å². The van der Waals surface area contributed by atoms with Gasteiger partial charge < -0.3 is 4.74 Å². The summed E-state index contributed by atoms with van der Waals surface area (Å²) in [5.74, 6) is -0.152. The molecule has 0 bridgehead atoms. The summed E-state index contributed by atoms with van der Waals surface area (Å²) < 4.78 is 17.9. The molecule has 0 N–H and O–H groups in total. The first-order valence-corrected chi connectivity index (χ1v) is 5.15. The van der Waals surface area contributed by atoms with Crippen molar-refractivity contribution in [2.45, 2.75) is 12.8 Å². The molecule has 1 aliphatic heterocycles. The summed E-state index contributed by atoms with van der Waals surface area (Å²) >= 11 is 0. The molecule has 0 amide bonds. The second-order valence-electron chi connectivity index (χ2n) is 3.76. The van der Waals surface area contributed by atoms with E-state index in [-0.39, 0.29) is 17.5 Å². The molecule has 1 heterocycles. The molecule has 15 heavy (non-hydrogen) atoms. The van der Waals surface area contributed by atoms with Gasteiger partial charge in [0.1, 0.15) is 5.82 Å². The number of benzene rings is 1. The molecule has 1 fully saturated rings. The molecule has 1 aliphatic rings. The lowest BCUT2D eigenvalue weighted by atomic mass is 9.91. The van der Waals surface area contributed by atoms with E-state index in [1.54, 1.807) is 12.1 Å². The van der Waals surface area contributed by atoms with Crippen molar-refractivity contribution >= 4 is 5.78 Å². The van der Waals surface area contributed by atoms with E-state index in [2.05, 4.69) is 0 Å². The second kappa shape index (κ2) is 4.53. The summed E-state index contributed by atoms with van der Waals surface area (Å²) in [6.07, 6.45) is 1.55. The molecule has 80 valence electrons. The van der Waals surface area contributed by atoms with Gasteiger partial charge in [0.25, 0.3) is 0 Å². The van der Waals surface area contributed by atoms with E-state index in [1.807, 2.05) is 0 Å². The fourth-order valence-electron chi connectivity index (χ4n) is 1.81. The predicted octanol–water partition coefficient (Wildman–Crippen LogP) is 2.44. The number of halogens is 1. The van der Waals surface area contributed by atoms with Crippen LogP contribution < -0.4 is 0 Å². The third-order valence-corrected chi connectivity index (χ3v) is 2.72. The zero-order valence-corrected chi connectivity index (χ0v) is 8.41. The Balaban J connectivity index is 2.09. The van der Waals surface area contributed by atoms with Crippen molar-refractivity contribution in [1.82, 2.24) is 0 Å². The lowest BCUT2D eigenvalue weighted by molar-refractivity contribution is 0.0545. The van der Waals surface area contributed by atoms with Gasteiger partial charge in [-0.2, -0.15) is 0 Å². The Morgan fingerprint density at radius 3 is 2.40 bits per heavy atom. The van der Waals surface area contributed by atoms with Gasteiger partial charge in [-0.25, -0.2) is 4.39 Å². The number of hydrogen-bond acceptors (Lipinski definition) is 2. The highest BCUT2D eigenvalue weighted by molar-refractivity contribution is 5.97. The zero-order chi connectivity index (χ0) is 10.7. The van der Waals surface area contributed by atoms with Crippen LogP contribution in [0.1, 0.15) is 23.2 Å². The Morgan fingerprint density at radius 2 is 1.80 bits per heavy atom. The average Bonchev–Trinajstić information content (AvgIpc) is 2.30. The summed E-state index contributed by atoms with van der Waals surface area (Å²) in [6.45, 7) is 1.30. The number of ether oxygens (including phenoxy) is 1. The molecule has 0 spiro atoms. The third kappa shape index (κ3) is 2.42. The Kier molecular flexibility index (Phi) is 3.11. The van der Waals surface area contributed by atoms with Gasteiger partial charge in [-0.3, -0.25) is 4.79 Å². The van der Waals surface area contributed by atoms with E-state index in [1.165, 1.54) is 12.1 Å². The number of hydrogen-bond donors (Lipinski definition) is 0. The van der Waals surface area contributed by atoms with Crippen LogP contribution in [0.2, 0.25) is 0 Å². The number of carbonyl (C=O) groups is 1. The maximum Gasteiger partial charge on any atom is 0.166 e. The highest BCUT2D eigenvalue weighted by Crippen LogP contribution is 2.20. The van der Waals surface area contributed by atoms with Crippen LogP contribution in [0.25, 0.3) is 0 Å². The van der Waals surface area contributed by atoms with Gasteiger partial charge in [0.15, 0.2) is 5.78 Å². The molecule has 0 aromatic heterocycles. The van der Waals surface area contributed by atoms with Gasteiger partial charge in [-0.05, 0) is 37.1 Å². The van der Waals surface area contributed by atoms with E-state index < -0.39 is 0 Å². The smallest absolute Gasteiger partial charge is 0.166 e. The van der Waals surface area contributed by atoms with E-state index in [0.717, 1.165) is 12.8 Å². The molecule has 3 heteroatoms.